The molecule has 1 N–H and O–H groups in total. The summed E-state index contributed by atoms with van der Waals surface area (Å²) in [5, 5.41) is 4.54. The van der Waals surface area contributed by atoms with Gasteiger partial charge in [0.05, 0.1) is 0 Å². The SMILES string of the molecule is O=C(NCc1cccc(CN2CCCCC2)c1)C1CCN(Cc2ccc(Cl)cc2Cl)CC1. The van der Waals surface area contributed by atoms with Gasteiger partial charge in [-0.05, 0) is 80.7 Å². The molecule has 32 heavy (non-hydrogen) atoms. The van der Waals surface area contributed by atoms with E-state index in [-0.39, 0.29) is 11.8 Å². The lowest BCUT2D eigenvalue weighted by atomic mass is 9.95. The van der Waals surface area contributed by atoms with E-state index < -0.39 is 0 Å². The van der Waals surface area contributed by atoms with Crippen LogP contribution >= 0.6 is 23.2 Å². The lowest BCUT2D eigenvalue weighted by Crippen LogP contribution is -2.40. The number of amides is 1. The third-order valence-electron chi connectivity index (χ3n) is 6.68. The molecular weight excluding hydrogens is 441 g/mol. The Kier molecular flexibility index (Phi) is 8.48. The summed E-state index contributed by atoms with van der Waals surface area (Å²) in [6, 6.07) is 14.3. The van der Waals surface area contributed by atoms with Crippen LogP contribution in [0.15, 0.2) is 42.5 Å². The maximum atomic E-state index is 12.8. The molecule has 172 valence electrons. The highest BCUT2D eigenvalue weighted by Crippen LogP contribution is 2.25. The zero-order valence-electron chi connectivity index (χ0n) is 18.7. The molecular formula is C26H33Cl2N3O. The molecule has 0 aromatic heterocycles. The molecule has 0 radical (unpaired) electrons. The van der Waals surface area contributed by atoms with Crippen LogP contribution in [0.25, 0.3) is 0 Å². The quantitative estimate of drug-likeness (QED) is 0.575. The molecule has 0 unspecified atom stereocenters. The minimum Gasteiger partial charge on any atom is -0.352 e. The van der Waals surface area contributed by atoms with Gasteiger partial charge in [-0.15, -0.1) is 0 Å². The van der Waals surface area contributed by atoms with Crippen LogP contribution in [-0.4, -0.2) is 41.9 Å². The first-order valence-electron chi connectivity index (χ1n) is 11.8. The number of halogens is 2. The van der Waals surface area contributed by atoms with Crippen LogP contribution in [-0.2, 0) is 24.4 Å². The van der Waals surface area contributed by atoms with Gasteiger partial charge < -0.3 is 5.32 Å². The zero-order chi connectivity index (χ0) is 22.3. The topological polar surface area (TPSA) is 35.6 Å². The van der Waals surface area contributed by atoms with E-state index in [1.54, 1.807) is 6.07 Å². The van der Waals surface area contributed by atoms with Crippen LogP contribution in [0.5, 0.6) is 0 Å². The van der Waals surface area contributed by atoms with Crippen molar-refractivity contribution in [3.05, 3.63) is 69.2 Å². The van der Waals surface area contributed by atoms with Crippen molar-refractivity contribution in [2.75, 3.05) is 26.2 Å². The molecule has 2 aliphatic rings. The van der Waals surface area contributed by atoms with Crippen molar-refractivity contribution in [2.45, 2.75) is 51.7 Å². The summed E-state index contributed by atoms with van der Waals surface area (Å²) in [6.45, 7) is 6.62. The van der Waals surface area contributed by atoms with Gasteiger partial charge in [0.1, 0.15) is 0 Å². The second-order valence-corrected chi connectivity index (χ2v) is 10.0. The fourth-order valence-corrected chi connectivity index (χ4v) is 5.26. The number of carbonyl (C=O) groups is 1. The zero-order valence-corrected chi connectivity index (χ0v) is 20.2. The highest BCUT2D eigenvalue weighted by Gasteiger charge is 2.25. The minimum absolute atomic E-state index is 0.0865. The largest absolute Gasteiger partial charge is 0.352 e. The van der Waals surface area contributed by atoms with Gasteiger partial charge in [0.15, 0.2) is 0 Å². The molecule has 0 aliphatic carbocycles. The number of hydrogen-bond acceptors (Lipinski definition) is 3. The number of nitrogens with one attached hydrogen (secondary N) is 1. The number of carbonyl (C=O) groups excluding carboxylic acids is 1. The molecule has 4 rings (SSSR count). The number of nitrogens with zero attached hydrogens (tertiary/aromatic N) is 2. The molecule has 0 atom stereocenters. The van der Waals surface area contributed by atoms with Crippen molar-refractivity contribution in [1.82, 2.24) is 15.1 Å². The molecule has 0 saturated carbocycles. The summed E-state index contributed by atoms with van der Waals surface area (Å²) >= 11 is 12.3. The number of benzene rings is 2. The molecule has 2 aliphatic heterocycles. The maximum absolute atomic E-state index is 12.8. The molecule has 2 saturated heterocycles. The van der Waals surface area contributed by atoms with E-state index in [9.17, 15) is 4.79 Å². The summed E-state index contributed by atoms with van der Waals surface area (Å²) in [7, 11) is 0. The van der Waals surface area contributed by atoms with Crippen molar-refractivity contribution in [3.8, 4) is 0 Å². The third-order valence-corrected chi connectivity index (χ3v) is 7.27. The van der Waals surface area contributed by atoms with Gasteiger partial charge in [0, 0.05) is 35.6 Å². The Balaban J connectivity index is 1.21. The van der Waals surface area contributed by atoms with Gasteiger partial charge in [-0.25, -0.2) is 0 Å². The number of rotatable bonds is 7. The molecule has 1 amide bonds. The van der Waals surface area contributed by atoms with Crippen molar-refractivity contribution in [3.63, 3.8) is 0 Å². The number of likely N-dealkylation sites (tertiary alicyclic amines) is 2. The average molecular weight is 474 g/mol. The average Bonchev–Trinajstić information content (AvgIpc) is 2.81. The Hall–Kier alpha value is -1.59. The normalized spacial score (nSPS) is 18.6. The minimum atomic E-state index is 0.0865. The van der Waals surface area contributed by atoms with Gasteiger partial charge in [-0.1, -0.05) is 60.0 Å². The number of hydrogen-bond donors (Lipinski definition) is 1. The predicted molar refractivity (Wildman–Crippen MR) is 132 cm³/mol. The summed E-state index contributed by atoms with van der Waals surface area (Å²) in [6.07, 6.45) is 5.73. The Bertz CT molecular complexity index is 906. The van der Waals surface area contributed by atoms with E-state index in [1.165, 1.54) is 43.5 Å². The lowest BCUT2D eigenvalue weighted by Gasteiger charge is -2.31. The van der Waals surface area contributed by atoms with Crippen molar-refractivity contribution < 1.29 is 4.79 Å². The van der Waals surface area contributed by atoms with Crippen LogP contribution in [0, 0.1) is 5.92 Å². The van der Waals surface area contributed by atoms with Gasteiger partial charge >= 0.3 is 0 Å². The van der Waals surface area contributed by atoms with E-state index in [1.807, 2.05) is 12.1 Å². The smallest absolute Gasteiger partial charge is 0.223 e. The molecule has 0 spiro atoms. The molecule has 2 heterocycles. The van der Waals surface area contributed by atoms with Crippen LogP contribution in [0.4, 0.5) is 0 Å². The molecule has 2 aromatic carbocycles. The van der Waals surface area contributed by atoms with E-state index in [0.29, 0.717) is 16.6 Å². The molecule has 6 heteroatoms. The van der Waals surface area contributed by atoms with Crippen LogP contribution in [0.3, 0.4) is 0 Å². The lowest BCUT2D eigenvalue weighted by molar-refractivity contribution is -0.126. The van der Waals surface area contributed by atoms with Crippen molar-refractivity contribution in [1.29, 1.82) is 0 Å². The first-order valence-corrected chi connectivity index (χ1v) is 12.6. The second kappa shape index (κ2) is 11.5. The van der Waals surface area contributed by atoms with E-state index in [0.717, 1.165) is 44.6 Å². The monoisotopic (exact) mass is 473 g/mol. The van der Waals surface area contributed by atoms with Gasteiger partial charge in [0.2, 0.25) is 5.91 Å². The number of piperidine rings is 2. The van der Waals surface area contributed by atoms with E-state index >= 15 is 0 Å². The van der Waals surface area contributed by atoms with Gasteiger partial charge in [0.25, 0.3) is 0 Å². The Morgan fingerprint density at radius 3 is 2.34 bits per heavy atom. The summed E-state index contributed by atoms with van der Waals surface area (Å²) in [4.78, 5) is 17.7. The fourth-order valence-electron chi connectivity index (χ4n) is 4.79. The molecule has 2 aromatic rings. The molecule has 0 bridgehead atoms. The summed E-state index contributed by atoms with van der Waals surface area (Å²) in [5.74, 6) is 0.263. The van der Waals surface area contributed by atoms with Crippen LogP contribution < -0.4 is 5.32 Å². The standard InChI is InChI=1S/C26H33Cl2N3O/c27-24-8-7-23(25(28)16-24)19-31-13-9-22(10-14-31)26(32)29-17-20-5-4-6-21(15-20)18-30-11-2-1-3-12-30/h4-8,15-16,22H,1-3,9-14,17-19H2,(H,29,32). The predicted octanol–water partition coefficient (Wildman–Crippen LogP) is 5.51. The summed E-state index contributed by atoms with van der Waals surface area (Å²) in [5.41, 5.74) is 3.61. The van der Waals surface area contributed by atoms with Crippen LogP contribution in [0.2, 0.25) is 10.0 Å². The molecule has 2 fully saturated rings. The maximum Gasteiger partial charge on any atom is 0.223 e. The van der Waals surface area contributed by atoms with Crippen molar-refractivity contribution in [2.24, 2.45) is 5.92 Å². The Morgan fingerprint density at radius 2 is 1.59 bits per heavy atom. The van der Waals surface area contributed by atoms with Crippen molar-refractivity contribution >= 4 is 29.1 Å². The van der Waals surface area contributed by atoms with E-state index in [2.05, 4.69) is 39.4 Å². The third kappa shape index (κ3) is 6.71. The van der Waals surface area contributed by atoms with Gasteiger partial charge in [-0.2, -0.15) is 0 Å². The fraction of sp³-hybridized carbons (Fsp3) is 0.500. The Labute approximate surface area is 201 Å². The highest BCUT2D eigenvalue weighted by molar-refractivity contribution is 6.35. The highest BCUT2D eigenvalue weighted by atomic mass is 35.5. The Morgan fingerprint density at radius 1 is 0.875 bits per heavy atom. The van der Waals surface area contributed by atoms with E-state index in [4.69, 9.17) is 23.2 Å². The first-order chi connectivity index (χ1) is 15.6. The van der Waals surface area contributed by atoms with Crippen LogP contribution in [0.1, 0.15) is 48.8 Å². The van der Waals surface area contributed by atoms with Gasteiger partial charge in [-0.3, -0.25) is 14.6 Å². The molecule has 4 nitrogen and oxygen atoms in total. The second-order valence-electron chi connectivity index (χ2n) is 9.16. The first kappa shape index (κ1) is 23.6. The summed E-state index contributed by atoms with van der Waals surface area (Å²) < 4.78 is 0.